The van der Waals surface area contributed by atoms with Crippen molar-refractivity contribution in [3.63, 3.8) is 0 Å². The lowest BCUT2D eigenvalue weighted by molar-refractivity contribution is 0.215. The minimum Gasteiger partial charge on any atom is -0.385 e. The minimum atomic E-state index is 0. The normalized spacial score (nSPS) is 4.80. The van der Waals surface area contributed by atoms with Crippen LogP contribution < -0.4 is 0 Å². The quantitative estimate of drug-likeness (QED) is 0.349. The number of hydrogen-bond donors (Lipinski definition) is 0. The van der Waals surface area contributed by atoms with E-state index >= 15 is 0 Å². The van der Waals surface area contributed by atoms with E-state index in [0.29, 0.717) is 0 Å². The molecule has 0 aromatic heterocycles. The maximum absolute atomic E-state index is 4.54. The molecule has 0 heterocycles. The molecule has 246 valence electrons. The second kappa shape index (κ2) is 312. The Hall–Kier alpha value is -0.200. The van der Waals surface area contributed by atoms with Gasteiger partial charge >= 0.3 is 0 Å². The standard InChI is InChI=1S/5C3H8O.C3H8.12CH4/c5*1-3-4-2;1-3-2;;;;;;;;;;;;/h5*3H2,1-2H3;3H2,1-2H3;12*1H4. The summed E-state index contributed by atoms with van der Waals surface area (Å²) < 4.78 is 22.7. The van der Waals surface area contributed by atoms with Gasteiger partial charge in [-0.05, 0) is 34.6 Å². The van der Waals surface area contributed by atoms with E-state index in [-0.39, 0.29) is 89.1 Å². The Morgan fingerprint density at radius 3 is 0.286 bits per heavy atom. The first-order chi connectivity index (χ1) is 11.0. The Labute approximate surface area is 236 Å². The zero-order valence-corrected chi connectivity index (χ0v) is 18.3. The molecule has 0 saturated carbocycles. The molecular weight excluding hydrogens is 440 g/mol. The molecule has 0 atom stereocenters. The predicted octanol–water partition coefficient (Wildman–Crippen LogP) is 12.3. The summed E-state index contributed by atoms with van der Waals surface area (Å²) in [5.74, 6) is 0. The molecule has 0 rings (SSSR count). The molecule has 0 radical (unpaired) electrons. The smallest absolute Gasteiger partial charge is 0.0433 e. The SMILES string of the molecule is C.C.C.C.C.C.C.C.C.C.C.C.CCC.CCOC.CCOC.CCOC.CCOC.CCOC. The van der Waals surface area contributed by atoms with E-state index in [0.717, 1.165) is 33.0 Å². The van der Waals surface area contributed by atoms with Crippen molar-refractivity contribution in [2.45, 2.75) is 144 Å². The fourth-order valence-corrected chi connectivity index (χ4v) is 0. The highest BCUT2D eigenvalue weighted by Gasteiger charge is 1.53. The highest BCUT2D eigenvalue weighted by atomic mass is 16.5. The van der Waals surface area contributed by atoms with Gasteiger partial charge in [0.2, 0.25) is 0 Å². The average molecular weight is 537 g/mol. The molecule has 0 aliphatic heterocycles. The first-order valence-corrected chi connectivity index (χ1v) is 8.43. The molecule has 0 amide bonds. The molecule has 0 saturated heterocycles. The third kappa shape index (κ3) is 1480. The van der Waals surface area contributed by atoms with E-state index in [4.69, 9.17) is 0 Å². The summed E-state index contributed by atoms with van der Waals surface area (Å²) in [6.45, 7) is 18.1. The summed E-state index contributed by atoms with van der Waals surface area (Å²) in [4.78, 5) is 0. The van der Waals surface area contributed by atoms with Crippen LogP contribution in [0.3, 0.4) is 0 Å². The molecule has 0 aromatic rings. The van der Waals surface area contributed by atoms with Crippen LogP contribution in [0.1, 0.15) is 144 Å². The van der Waals surface area contributed by atoms with Gasteiger partial charge in [-0.15, -0.1) is 0 Å². The summed E-state index contributed by atoms with van der Waals surface area (Å²) in [6.07, 6.45) is 1.25. The van der Waals surface area contributed by atoms with Crippen molar-refractivity contribution in [2.24, 2.45) is 0 Å². The molecule has 0 fully saturated rings. The van der Waals surface area contributed by atoms with Crippen molar-refractivity contribution in [1.29, 1.82) is 0 Å². The first-order valence-electron chi connectivity index (χ1n) is 8.43. The van der Waals surface area contributed by atoms with E-state index in [1.807, 2.05) is 34.6 Å². The van der Waals surface area contributed by atoms with Gasteiger partial charge in [-0.3, -0.25) is 0 Å². The van der Waals surface area contributed by atoms with Crippen LogP contribution in [0.5, 0.6) is 0 Å². The van der Waals surface area contributed by atoms with Crippen LogP contribution in [0.25, 0.3) is 0 Å². The average Bonchev–Trinajstić information content (AvgIpc) is 2.62. The largest absolute Gasteiger partial charge is 0.385 e. The van der Waals surface area contributed by atoms with Crippen molar-refractivity contribution >= 4 is 0 Å². The van der Waals surface area contributed by atoms with Crippen LogP contribution >= 0.6 is 0 Å². The lowest BCUT2D eigenvalue weighted by Crippen LogP contribution is -1.73. The van der Waals surface area contributed by atoms with Gasteiger partial charge in [0.05, 0.1) is 0 Å². The summed E-state index contributed by atoms with van der Waals surface area (Å²) in [6, 6.07) is 0. The van der Waals surface area contributed by atoms with Crippen molar-refractivity contribution in [2.75, 3.05) is 68.6 Å². The molecule has 5 nitrogen and oxygen atoms in total. The van der Waals surface area contributed by atoms with Crippen molar-refractivity contribution in [3.05, 3.63) is 0 Å². The number of rotatable bonds is 5. The number of ether oxygens (including phenoxy) is 5. The Morgan fingerprint density at radius 2 is 0.286 bits per heavy atom. The third-order valence-electron chi connectivity index (χ3n) is 1.44. The van der Waals surface area contributed by atoms with Gasteiger partial charge in [0.1, 0.15) is 0 Å². The lowest BCUT2D eigenvalue weighted by atomic mass is 10.6. The molecule has 0 aliphatic carbocycles. The van der Waals surface area contributed by atoms with Crippen molar-refractivity contribution in [3.8, 4) is 0 Å². The minimum absolute atomic E-state index is 0. The molecule has 35 heavy (non-hydrogen) atoms. The van der Waals surface area contributed by atoms with E-state index < -0.39 is 0 Å². The fraction of sp³-hybridized carbons (Fsp3) is 1.00. The predicted molar refractivity (Wildman–Crippen MR) is 184 cm³/mol. The molecule has 0 aliphatic rings. The summed E-state index contributed by atoms with van der Waals surface area (Å²) in [5, 5.41) is 0. The summed E-state index contributed by atoms with van der Waals surface area (Å²) >= 11 is 0. The molecule has 0 aromatic carbocycles. The topological polar surface area (TPSA) is 46.2 Å². The third-order valence-corrected chi connectivity index (χ3v) is 1.44. The Kier molecular flexibility index (Phi) is 1250. The second-order valence-corrected chi connectivity index (χ2v) is 3.59. The fourth-order valence-electron chi connectivity index (χ4n) is 0. The van der Waals surface area contributed by atoms with Crippen LogP contribution in [0.4, 0.5) is 0 Å². The Balaban J connectivity index is -0.00000000581. The van der Waals surface area contributed by atoms with Crippen molar-refractivity contribution in [1.82, 2.24) is 0 Å². The molecule has 0 unspecified atom stereocenters. The summed E-state index contributed by atoms with van der Waals surface area (Å²) in [7, 11) is 8.40. The lowest BCUT2D eigenvalue weighted by Gasteiger charge is -1.76. The van der Waals surface area contributed by atoms with Crippen LogP contribution in [0.15, 0.2) is 0 Å². The molecule has 0 bridgehead atoms. The zero-order valence-electron chi connectivity index (χ0n) is 18.3. The molecule has 5 heteroatoms. The van der Waals surface area contributed by atoms with Crippen LogP contribution in [-0.2, 0) is 23.7 Å². The number of hydrogen-bond acceptors (Lipinski definition) is 5. The molecular formula is C30H96O5. The van der Waals surface area contributed by atoms with E-state index in [2.05, 4.69) is 37.5 Å². The number of methoxy groups -OCH3 is 5. The van der Waals surface area contributed by atoms with Gasteiger partial charge in [-0.25, -0.2) is 0 Å². The van der Waals surface area contributed by atoms with E-state index in [1.54, 1.807) is 35.5 Å². The van der Waals surface area contributed by atoms with Gasteiger partial charge < -0.3 is 23.7 Å². The van der Waals surface area contributed by atoms with Gasteiger partial charge in [-0.1, -0.05) is 109 Å². The van der Waals surface area contributed by atoms with Crippen LogP contribution in [0, 0.1) is 0 Å². The van der Waals surface area contributed by atoms with E-state index in [9.17, 15) is 0 Å². The van der Waals surface area contributed by atoms with Gasteiger partial charge in [0, 0.05) is 68.6 Å². The monoisotopic (exact) mass is 537 g/mol. The van der Waals surface area contributed by atoms with Gasteiger partial charge in [-0.2, -0.15) is 0 Å². The zero-order chi connectivity index (χ0) is 19.8. The van der Waals surface area contributed by atoms with Crippen molar-refractivity contribution < 1.29 is 23.7 Å². The van der Waals surface area contributed by atoms with Gasteiger partial charge in [0.25, 0.3) is 0 Å². The molecule has 0 N–H and O–H groups in total. The second-order valence-electron chi connectivity index (χ2n) is 3.59. The van der Waals surface area contributed by atoms with Gasteiger partial charge in [0.15, 0.2) is 0 Å². The molecule has 0 spiro atoms. The Morgan fingerprint density at radius 1 is 0.257 bits per heavy atom. The maximum atomic E-state index is 4.54. The summed E-state index contributed by atoms with van der Waals surface area (Å²) in [5.41, 5.74) is 0. The van der Waals surface area contributed by atoms with Crippen LogP contribution in [-0.4, -0.2) is 68.6 Å². The first kappa shape index (κ1) is 141. The van der Waals surface area contributed by atoms with Crippen LogP contribution in [0.2, 0.25) is 0 Å². The maximum Gasteiger partial charge on any atom is 0.0433 e. The Bertz CT molecular complexity index is 63.6. The highest BCUT2D eigenvalue weighted by molar-refractivity contribution is 3.96. The highest BCUT2D eigenvalue weighted by Crippen LogP contribution is 1.56. The van der Waals surface area contributed by atoms with E-state index in [1.165, 1.54) is 6.42 Å².